The number of nitrogens with one attached hydrogen (secondary N) is 1. The van der Waals surface area contributed by atoms with E-state index in [0.29, 0.717) is 11.8 Å². The first-order chi connectivity index (χ1) is 10.1. The van der Waals surface area contributed by atoms with Crippen LogP contribution in [0.5, 0.6) is 0 Å². The summed E-state index contributed by atoms with van der Waals surface area (Å²) in [4.78, 5) is 12.3. The summed E-state index contributed by atoms with van der Waals surface area (Å²) < 4.78 is 0. The molecule has 21 heavy (non-hydrogen) atoms. The van der Waals surface area contributed by atoms with Gasteiger partial charge in [0.15, 0.2) is 0 Å². The molecule has 0 heterocycles. The smallest absolute Gasteiger partial charge is 0.224 e. The number of carbonyl (C=O) groups is 1. The van der Waals surface area contributed by atoms with E-state index in [1.807, 2.05) is 44.2 Å². The third-order valence-corrected chi connectivity index (χ3v) is 4.19. The first-order valence-corrected chi connectivity index (χ1v) is 8.18. The highest BCUT2D eigenvalue weighted by Crippen LogP contribution is 2.16. The minimum atomic E-state index is 0.00353. The van der Waals surface area contributed by atoms with Crippen molar-refractivity contribution in [1.82, 2.24) is 5.32 Å². The van der Waals surface area contributed by atoms with E-state index in [1.54, 1.807) is 0 Å². The van der Waals surface area contributed by atoms with Crippen molar-refractivity contribution >= 4 is 21.8 Å². The monoisotopic (exact) mass is 345 g/mol. The molecule has 0 aromatic heterocycles. The van der Waals surface area contributed by atoms with Crippen LogP contribution in [0.15, 0.2) is 48.5 Å². The van der Waals surface area contributed by atoms with Crippen molar-refractivity contribution in [2.75, 3.05) is 5.33 Å². The Morgan fingerprint density at radius 1 is 1.14 bits per heavy atom. The molecule has 0 saturated heterocycles. The molecular formula is C18H20BrNO. The van der Waals surface area contributed by atoms with Gasteiger partial charge in [-0.1, -0.05) is 70.0 Å². The molecule has 0 spiro atoms. The minimum absolute atomic E-state index is 0.00353. The summed E-state index contributed by atoms with van der Waals surface area (Å²) in [6.45, 7) is 4.09. The minimum Gasteiger partial charge on any atom is -0.348 e. The molecule has 2 aromatic rings. The summed E-state index contributed by atoms with van der Waals surface area (Å²) >= 11 is 3.48. The van der Waals surface area contributed by atoms with E-state index in [-0.39, 0.29) is 11.9 Å². The van der Waals surface area contributed by atoms with Gasteiger partial charge in [0, 0.05) is 5.33 Å². The van der Waals surface area contributed by atoms with Crippen LogP contribution in [0.2, 0.25) is 0 Å². The van der Waals surface area contributed by atoms with Crippen molar-refractivity contribution < 1.29 is 4.79 Å². The third kappa shape index (κ3) is 4.43. The lowest BCUT2D eigenvalue weighted by Crippen LogP contribution is -2.30. The lowest BCUT2D eigenvalue weighted by molar-refractivity contribution is -0.121. The fraction of sp³-hybridized carbons (Fsp3) is 0.278. The summed E-state index contributed by atoms with van der Waals surface area (Å²) in [6, 6.07) is 16.2. The molecule has 0 bridgehead atoms. The predicted molar refractivity (Wildman–Crippen MR) is 90.7 cm³/mol. The number of hydrogen-bond donors (Lipinski definition) is 1. The number of halogens is 1. The van der Waals surface area contributed by atoms with Gasteiger partial charge < -0.3 is 5.32 Å². The fourth-order valence-corrected chi connectivity index (χ4v) is 2.84. The van der Waals surface area contributed by atoms with Crippen molar-refractivity contribution in [3.05, 3.63) is 70.8 Å². The van der Waals surface area contributed by atoms with E-state index >= 15 is 0 Å². The number of benzene rings is 2. The molecule has 0 radical (unpaired) electrons. The van der Waals surface area contributed by atoms with Crippen molar-refractivity contribution in [1.29, 1.82) is 0 Å². The second-order valence-electron chi connectivity index (χ2n) is 5.29. The van der Waals surface area contributed by atoms with Gasteiger partial charge in [-0.05, 0) is 30.5 Å². The molecule has 1 N–H and O–H groups in total. The summed E-state index contributed by atoms with van der Waals surface area (Å²) in [5.41, 5.74) is 4.55. The van der Waals surface area contributed by atoms with Crippen molar-refractivity contribution in [3.63, 3.8) is 0 Å². The molecule has 0 aliphatic rings. The summed E-state index contributed by atoms with van der Waals surface area (Å²) in [5.74, 6) is 0.0528. The molecule has 1 atom stereocenters. The zero-order valence-corrected chi connectivity index (χ0v) is 14.0. The number of carbonyl (C=O) groups excluding carboxylic acids is 1. The van der Waals surface area contributed by atoms with Gasteiger partial charge in [0.05, 0.1) is 12.5 Å². The van der Waals surface area contributed by atoms with Gasteiger partial charge in [0.25, 0.3) is 0 Å². The lowest BCUT2D eigenvalue weighted by Gasteiger charge is -2.17. The fourth-order valence-electron chi connectivity index (χ4n) is 2.31. The largest absolute Gasteiger partial charge is 0.348 e. The molecule has 2 aromatic carbocycles. The standard InChI is InChI=1S/C18H20BrNO/c1-13-8-9-14(2)16(10-13)11-18(21)20-17(12-19)15-6-4-3-5-7-15/h3-10,17H,11-12H2,1-2H3,(H,20,21). The lowest BCUT2D eigenvalue weighted by atomic mass is 10.0. The Hall–Kier alpha value is -1.61. The van der Waals surface area contributed by atoms with Crippen LogP contribution in [0.3, 0.4) is 0 Å². The van der Waals surface area contributed by atoms with Crippen LogP contribution < -0.4 is 5.32 Å². The SMILES string of the molecule is Cc1ccc(C)c(CC(=O)NC(CBr)c2ccccc2)c1. The van der Waals surface area contributed by atoms with Gasteiger partial charge in [0.2, 0.25) is 5.91 Å². The highest BCUT2D eigenvalue weighted by molar-refractivity contribution is 9.09. The molecule has 1 amide bonds. The average Bonchev–Trinajstić information content (AvgIpc) is 2.49. The summed E-state index contributed by atoms with van der Waals surface area (Å²) in [6.07, 6.45) is 0.420. The Morgan fingerprint density at radius 3 is 2.52 bits per heavy atom. The maximum absolute atomic E-state index is 12.3. The van der Waals surface area contributed by atoms with Crippen molar-refractivity contribution in [2.45, 2.75) is 26.3 Å². The maximum atomic E-state index is 12.3. The van der Waals surface area contributed by atoms with Crippen LogP contribution in [0.1, 0.15) is 28.3 Å². The molecule has 0 saturated carbocycles. The van der Waals surface area contributed by atoms with Gasteiger partial charge in [0.1, 0.15) is 0 Å². The Labute approximate surface area is 134 Å². The molecule has 2 rings (SSSR count). The number of hydrogen-bond acceptors (Lipinski definition) is 1. The molecular weight excluding hydrogens is 326 g/mol. The second kappa shape index (κ2) is 7.41. The maximum Gasteiger partial charge on any atom is 0.224 e. The number of rotatable bonds is 5. The van der Waals surface area contributed by atoms with Crippen LogP contribution >= 0.6 is 15.9 Å². The number of amides is 1. The van der Waals surface area contributed by atoms with E-state index in [1.165, 1.54) is 5.56 Å². The van der Waals surface area contributed by atoms with Gasteiger partial charge in [-0.25, -0.2) is 0 Å². The zero-order chi connectivity index (χ0) is 15.2. The van der Waals surface area contributed by atoms with Crippen LogP contribution in [-0.4, -0.2) is 11.2 Å². The van der Waals surface area contributed by atoms with E-state index in [9.17, 15) is 4.79 Å². The van der Waals surface area contributed by atoms with Crippen molar-refractivity contribution in [2.24, 2.45) is 0 Å². The number of aryl methyl sites for hydroxylation is 2. The van der Waals surface area contributed by atoms with Gasteiger partial charge in [-0.3, -0.25) is 4.79 Å². The molecule has 2 nitrogen and oxygen atoms in total. The molecule has 3 heteroatoms. The Morgan fingerprint density at radius 2 is 1.86 bits per heavy atom. The Kier molecular flexibility index (Phi) is 5.57. The van der Waals surface area contributed by atoms with Gasteiger partial charge >= 0.3 is 0 Å². The molecule has 0 aliphatic carbocycles. The average molecular weight is 346 g/mol. The summed E-state index contributed by atoms with van der Waals surface area (Å²) in [7, 11) is 0. The van der Waals surface area contributed by atoms with Crippen molar-refractivity contribution in [3.8, 4) is 0 Å². The van der Waals surface area contributed by atoms with E-state index < -0.39 is 0 Å². The zero-order valence-electron chi connectivity index (χ0n) is 12.4. The Balaban J connectivity index is 2.05. The number of alkyl halides is 1. The van der Waals surface area contributed by atoms with Crippen LogP contribution in [0.4, 0.5) is 0 Å². The topological polar surface area (TPSA) is 29.1 Å². The van der Waals surface area contributed by atoms with Gasteiger partial charge in [-0.2, -0.15) is 0 Å². The molecule has 1 unspecified atom stereocenters. The first-order valence-electron chi connectivity index (χ1n) is 7.06. The van der Waals surface area contributed by atoms with Crippen LogP contribution in [0, 0.1) is 13.8 Å². The normalized spacial score (nSPS) is 12.0. The van der Waals surface area contributed by atoms with Crippen LogP contribution in [-0.2, 0) is 11.2 Å². The highest BCUT2D eigenvalue weighted by Gasteiger charge is 2.14. The molecule has 110 valence electrons. The van der Waals surface area contributed by atoms with E-state index in [0.717, 1.165) is 16.7 Å². The molecule has 0 aliphatic heterocycles. The second-order valence-corrected chi connectivity index (χ2v) is 5.94. The highest BCUT2D eigenvalue weighted by atomic mass is 79.9. The quantitative estimate of drug-likeness (QED) is 0.812. The predicted octanol–water partition coefficient (Wildman–Crippen LogP) is 4.10. The first kappa shape index (κ1) is 15.8. The Bertz CT molecular complexity index is 610. The molecule has 0 fully saturated rings. The van der Waals surface area contributed by atoms with E-state index in [2.05, 4.69) is 39.4 Å². The van der Waals surface area contributed by atoms with Crippen LogP contribution in [0.25, 0.3) is 0 Å². The third-order valence-electron chi connectivity index (χ3n) is 3.55. The van der Waals surface area contributed by atoms with E-state index in [4.69, 9.17) is 0 Å². The van der Waals surface area contributed by atoms with Gasteiger partial charge in [-0.15, -0.1) is 0 Å². The summed E-state index contributed by atoms with van der Waals surface area (Å²) in [5, 5.41) is 3.80.